The van der Waals surface area contributed by atoms with Crippen molar-refractivity contribution in [2.45, 2.75) is 0 Å². The molecule has 0 bridgehead atoms. The van der Waals surface area contributed by atoms with Gasteiger partial charge in [0.05, 0.1) is 0 Å². The predicted molar refractivity (Wildman–Crippen MR) is 61.9 cm³/mol. The Bertz CT molecular complexity index is 324. The lowest BCUT2D eigenvalue weighted by molar-refractivity contribution is 0.243. The van der Waals surface area contributed by atoms with Gasteiger partial charge in [-0.25, -0.2) is 0 Å². The number of hydrogen-bond acceptors (Lipinski definition) is 3. The highest BCUT2D eigenvalue weighted by Crippen LogP contribution is 2.12. The van der Waals surface area contributed by atoms with Crippen LogP contribution in [0.15, 0.2) is 36.4 Å². The fourth-order valence-electron chi connectivity index (χ4n) is 1.56. The standard InChI is InChI=1S/C12H16N2O/c13-11-3-5-12(6-4-11)15-10-9-14-7-1-2-8-14/h1-6H,7-10,13H2. The first kappa shape index (κ1) is 10.1. The predicted octanol–water partition coefficient (Wildman–Crippen LogP) is 1.52. The molecule has 1 aromatic carbocycles. The van der Waals surface area contributed by atoms with Gasteiger partial charge in [-0.3, -0.25) is 4.90 Å². The number of rotatable bonds is 4. The Kier molecular flexibility index (Phi) is 3.25. The van der Waals surface area contributed by atoms with Gasteiger partial charge in [0, 0.05) is 25.3 Å². The molecule has 0 fully saturated rings. The number of nitrogens with zero attached hydrogens (tertiary/aromatic N) is 1. The van der Waals surface area contributed by atoms with E-state index in [9.17, 15) is 0 Å². The second-order valence-corrected chi connectivity index (χ2v) is 3.65. The number of nitrogen functional groups attached to an aromatic ring is 1. The van der Waals surface area contributed by atoms with Crippen molar-refractivity contribution >= 4 is 5.69 Å². The Hall–Kier alpha value is -1.48. The molecule has 0 saturated heterocycles. The van der Waals surface area contributed by atoms with Crippen LogP contribution in [0.2, 0.25) is 0 Å². The Morgan fingerprint density at radius 3 is 2.47 bits per heavy atom. The average molecular weight is 204 g/mol. The minimum atomic E-state index is 0.728. The highest BCUT2D eigenvalue weighted by atomic mass is 16.5. The Morgan fingerprint density at radius 2 is 1.80 bits per heavy atom. The van der Waals surface area contributed by atoms with Crippen LogP contribution in [-0.4, -0.2) is 31.1 Å². The summed E-state index contributed by atoms with van der Waals surface area (Å²) in [6, 6.07) is 7.51. The second-order valence-electron chi connectivity index (χ2n) is 3.65. The van der Waals surface area contributed by atoms with Gasteiger partial charge in [0.1, 0.15) is 12.4 Å². The van der Waals surface area contributed by atoms with Gasteiger partial charge >= 0.3 is 0 Å². The highest BCUT2D eigenvalue weighted by Gasteiger charge is 2.05. The lowest BCUT2D eigenvalue weighted by Gasteiger charge is -2.14. The van der Waals surface area contributed by atoms with Crippen LogP contribution in [-0.2, 0) is 0 Å². The van der Waals surface area contributed by atoms with E-state index in [-0.39, 0.29) is 0 Å². The summed E-state index contributed by atoms with van der Waals surface area (Å²) in [4.78, 5) is 2.33. The molecule has 0 amide bonds. The van der Waals surface area contributed by atoms with Crippen LogP contribution in [0.3, 0.4) is 0 Å². The lowest BCUT2D eigenvalue weighted by Crippen LogP contribution is -2.25. The normalized spacial score (nSPS) is 15.7. The first-order valence-corrected chi connectivity index (χ1v) is 5.20. The quantitative estimate of drug-likeness (QED) is 0.597. The molecule has 0 saturated carbocycles. The molecule has 15 heavy (non-hydrogen) atoms. The van der Waals surface area contributed by atoms with E-state index < -0.39 is 0 Å². The zero-order valence-corrected chi connectivity index (χ0v) is 8.73. The molecule has 1 heterocycles. The van der Waals surface area contributed by atoms with Gasteiger partial charge in [-0.1, -0.05) is 12.2 Å². The zero-order chi connectivity index (χ0) is 10.5. The molecule has 1 aromatic rings. The van der Waals surface area contributed by atoms with Crippen LogP contribution in [0.25, 0.3) is 0 Å². The Labute approximate surface area is 90.1 Å². The molecule has 0 unspecified atom stereocenters. The van der Waals surface area contributed by atoms with Crippen molar-refractivity contribution in [3.63, 3.8) is 0 Å². The second kappa shape index (κ2) is 4.84. The SMILES string of the molecule is Nc1ccc(OCCN2CC=CC2)cc1. The van der Waals surface area contributed by atoms with Gasteiger partial charge in [0.2, 0.25) is 0 Å². The van der Waals surface area contributed by atoms with Gasteiger partial charge in [-0.2, -0.15) is 0 Å². The van der Waals surface area contributed by atoms with Crippen molar-refractivity contribution < 1.29 is 4.74 Å². The lowest BCUT2D eigenvalue weighted by atomic mass is 10.3. The van der Waals surface area contributed by atoms with Crippen LogP contribution >= 0.6 is 0 Å². The molecule has 1 aliphatic heterocycles. The number of anilines is 1. The number of ether oxygens (including phenoxy) is 1. The smallest absolute Gasteiger partial charge is 0.119 e. The van der Waals surface area contributed by atoms with Gasteiger partial charge in [-0.15, -0.1) is 0 Å². The molecule has 80 valence electrons. The molecular formula is C12H16N2O. The minimum Gasteiger partial charge on any atom is -0.492 e. The molecule has 2 N–H and O–H groups in total. The monoisotopic (exact) mass is 204 g/mol. The van der Waals surface area contributed by atoms with Crippen molar-refractivity contribution in [1.29, 1.82) is 0 Å². The maximum Gasteiger partial charge on any atom is 0.119 e. The van der Waals surface area contributed by atoms with E-state index in [0.717, 1.165) is 37.7 Å². The highest BCUT2D eigenvalue weighted by molar-refractivity contribution is 5.41. The summed E-state index contributed by atoms with van der Waals surface area (Å²) in [6.07, 6.45) is 4.37. The molecule has 3 heteroatoms. The molecule has 0 aromatic heterocycles. The molecule has 1 aliphatic rings. The largest absolute Gasteiger partial charge is 0.492 e. The maximum atomic E-state index is 5.60. The molecule has 2 rings (SSSR count). The Morgan fingerprint density at radius 1 is 1.13 bits per heavy atom. The van der Waals surface area contributed by atoms with E-state index in [1.54, 1.807) is 0 Å². The molecular weight excluding hydrogens is 188 g/mol. The minimum absolute atomic E-state index is 0.728. The van der Waals surface area contributed by atoms with Crippen molar-refractivity contribution in [2.75, 3.05) is 32.0 Å². The third-order valence-corrected chi connectivity index (χ3v) is 2.45. The van der Waals surface area contributed by atoms with E-state index in [1.807, 2.05) is 24.3 Å². The maximum absolute atomic E-state index is 5.60. The number of benzene rings is 1. The van der Waals surface area contributed by atoms with Crippen LogP contribution < -0.4 is 10.5 Å². The third-order valence-electron chi connectivity index (χ3n) is 2.45. The van der Waals surface area contributed by atoms with Crippen molar-refractivity contribution in [3.8, 4) is 5.75 Å². The summed E-state index contributed by atoms with van der Waals surface area (Å²) < 4.78 is 5.60. The number of nitrogens with two attached hydrogens (primary N) is 1. The average Bonchev–Trinajstić information content (AvgIpc) is 2.74. The van der Waals surface area contributed by atoms with Crippen molar-refractivity contribution in [2.24, 2.45) is 0 Å². The van der Waals surface area contributed by atoms with Crippen LogP contribution in [0.5, 0.6) is 5.75 Å². The summed E-state index contributed by atoms with van der Waals surface area (Å²) in [5, 5.41) is 0. The Balaban J connectivity index is 1.71. The topological polar surface area (TPSA) is 38.5 Å². The van der Waals surface area contributed by atoms with E-state index in [1.165, 1.54) is 0 Å². The summed E-state index contributed by atoms with van der Waals surface area (Å²) in [5.74, 6) is 0.886. The third kappa shape index (κ3) is 2.99. The first-order valence-electron chi connectivity index (χ1n) is 5.20. The molecule has 0 radical (unpaired) electrons. The van der Waals surface area contributed by atoms with Gasteiger partial charge in [-0.05, 0) is 24.3 Å². The molecule has 3 nitrogen and oxygen atoms in total. The van der Waals surface area contributed by atoms with Crippen molar-refractivity contribution in [1.82, 2.24) is 4.90 Å². The summed E-state index contributed by atoms with van der Waals surface area (Å²) in [6.45, 7) is 3.79. The first-order chi connectivity index (χ1) is 7.34. The molecule has 0 aliphatic carbocycles. The molecule has 0 atom stereocenters. The van der Waals surface area contributed by atoms with Crippen LogP contribution in [0.4, 0.5) is 5.69 Å². The molecule has 0 spiro atoms. The fourth-order valence-corrected chi connectivity index (χ4v) is 1.56. The van der Waals surface area contributed by atoms with Gasteiger partial charge in [0.25, 0.3) is 0 Å². The van der Waals surface area contributed by atoms with E-state index in [0.29, 0.717) is 0 Å². The summed E-state index contributed by atoms with van der Waals surface area (Å²) >= 11 is 0. The van der Waals surface area contributed by atoms with E-state index in [2.05, 4.69) is 17.1 Å². The number of hydrogen-bond donors (Lipinski definition) is 1. The van der Waals surface area contributed by atoms with Crippen molar-refractivity contribution in [3.05, 3.63) is 36.4 Å². The van der Waals surface area contributed by atoms with Crippen LogP contribution in [0.1, 0.15) is 0 Å². The van der Waals surface area contributed by atoms with E-state index in [4.69, 9.17) is 10.5 Å². The van der Waals surface area contributed by atoms with E-state index >= 15 is 0 Å². The van der Waals surface area contributed by atoms with Crippen LogP contribution in [0, 0.1) is 0 Å². The fraction of sp³-hybridized carbons (Fsp3) is 0.333. The summed E-state index contributed by atoms with van der Waals surface area (Å²) in [7, 11) is 0. The van der Waals surface area contributed by atoms with Gasteiger partial charge in [0.15, 0.2) is 0 Å². The zero-order valence-electron chi connectivity index (χ0n) is 8.73. The van der Waals surface area contributed by atoms with Gasteiger partial charge < -0.3 is 10.5 Å². The summed E-state index contributed by atoms with van der Waals surface area (Å²) in [5.41, 5.74) is 6.35.